The Labute approximate surface area is 57.8 Å². The molecule has 1 aliphatic heterocycles. The van der Waals surface area contributed by atoms with Crippen molar-refractivity contribution in [2.75, 3.05) is 0 Å². The van der Waals surface area contributed by atoms with Crippen LogP contribution >= 0.6 is 0 Å². The molecule has 0 saturated carbocycles. The van der Waals surface area contributed by atoms with E-state index >= 15 is 0 Å². The highest BCUT2D eigenvalue weighted by Crippen LogP contribution is 2.32. The van der Waals surface area contributed by atoms with Crippen LogP contribution in [0.1, 0.15) is 34.1 Å². The third kappa shape index (κ3) is 1.45. The number of nitrogens with one attached hydrogen (secondary N) is 1. The van der Waals surface area contributed by atoms with E-state index in [-0.39, 0.29) is 0 Å². The first kappa shape index (κ1) is 7.07. The molecule has 1 saturated heterocycles. The van der Waals surface area contributed by atoms with Crippen molar-refractivity contribution in [1.29, 1.82) is 0 Å². The maximum absolute atomic E-state index is 3.46. The van der Waals surface area contributed by atoms with Crippen LogP contribution in [0, 0.1) is 5.41 Å². The third-order valence-electron chi connectivity index (χ3n) is 2.06. The topological polar surface area (TPSA) is 21.9 Å². The van der Waals surface area contributed by atoms with E-state index in [0.717, 1.165) is 12.1 Å². The fourth-order valence-corrected chi connectivity index (χ4v) is 1.38. The summed E-state index contributed by atoms with van der Waals surface area (Å²) in [5.74, 6) is 0. The Balaban J connectivity index is 2.33. The molecule has 1 heteroatoms. The summed E-state index contributed by atoms with van der Waals surface area (Å²) in [5, 5.41) is 3.46. The van der Waals surface area contributed by atoms with Gasteiger partial charge in [-0.1, -0.05) is 27.7 Å². The van der Waals surface area contributed by atoms with Crippen molar-refractivity contribution in [3.8, 4) is 0 Å². The van der Waals surface area contributed by atoms with Crippen LogP contribution in [0.2, 0.25) is 0 Å². The fraction of sp³-hybridized carbons (Fsp3) is 1.00. The summed E-state index contributed by atoms with van der Waals surface area (Å²) in [4.78, 5) is 0. The normalized spacial score (nSPS) is 34.7. The Bertz CT molecular complexity index is 102. The lowest BCUT2D eigenvalue weighted by molar-refractivity contribution is 0.393. The predicted molar refractivity (Wildman–Crippen MR) is 40.5 cm³/mol. The molecule has 0 aromatic heterocycles. The van der Waals surface area contributed by atoms with Crippen LogP contribution in [0.4, 0.5) is 0 Å². The van der Waals surface area contributed by atoms with Gasteiger partial charge in [0.1, 0.15) is 0 Å². The maximum atomic E-state index is 3.46. The van der Waals surface area contributed by atoms with E-state index in [9.17, 15) is 0 Å². The van der Waals surface area contributed by atoms with Gasteiger partial charge in [0.15, 0.2) is 0 Å². The lowest BCUT2D eigenvalue weighted by Crippen LogP contribution is -2.17. The van der Waals surface area contributed by atoms with Gasteiger partial charge in [-0.05, 0) is 11.8 Å². The summed E-state index contributed by atoms with van der Waals surface area (Å²) in [6, 6.07) is 1.59. The van der Waals surface area contributed by atoms with Crippen molar-refractivity contribution in [2.24, 2.45) is 5.41 Å². The monoisotopic (exact) mass is 127 g/mol. The van der Waals surface area contributed by atoms with Gasteiger partial charge in [-0.3, -0.25) is 0 Å². The summed E-state index contributed by atoms with van der Waals surface area (Å²) in [6.07, 6.45) is 1.28. The quantitative estimate of drug-likeness (QED) is 0.533. The molecule has 54 valence electrons. The van der Waals surface area contributed by atoms with Gasteiger partial charge in [-0.25, -0.2) is 0 Å². The first-order chi connectivity index (χ1) is 4.05. The summed E-state index contributed by atoms with van der Waals surface area (Å²) >= 11 is 0. The molecule has 1 N–H and O–H groups in total. The van der Waals surface area contributed by atoms with E-state index in [4.69, 9.17) is 0 Å². The molecule has 1 rings (SSSR count). The van der Waals surface area contributed by atoms with Crippen LogP contribution in [0.3, 0.4) is 0 Å². The molecule has 1 aliphatic rings. The maximum Gasteiger partial charge on any atom is 0.0272 e. The Kier molecular flexibility index (Phi) is 1.55. The van der Waals surface area contributed by atoms with Gasteiger partial charge >= 0.3 is 0 Å². The van der Waals surface area contributed by atoms with E-state index in [1.165, 1.54) is 6.42 Å². The molecule has 9 heavy (non-hydrogen) atoms. The second kappa shape index (κ2) is 1.98. The van der Waals surface area contributed by atoms with Gasteiger partial charge in [0.05, 0.1) is 0 Å². The van der Waals surface area contributed by atoms with E-state index in [1.807, 2.05) is 0 Å². The van der Waals surface area contributed by atoms with Crippen LogP contribution in [0.25, 0.3) is 0 Å². The number of hydrogen-bond donors (Lipinski definition) is 1. The van der Waals surface area contributed by atoms with Gasteiger partial charge in [-0.2, -0.15) is 0 Å². The molecule has 0 radical (unpaired) electrons. The van der Waals surface area contributed by atoms with Crippen LogP contribution in [-0.4, -0.2) is 12.1 Å². The average molecular weight is 127 g/mol. The molecule has 0 aliphatic carbocycles. The molecule has 0 amide bonds. The highest BCUT2D eigenvalue weighted by Gasteiger charge is 2.42. The molecule has 0 bridgehead atoms. The Morgan fingerprint density at radius 2 is 1.89 bits per heavy atom. The molecule has 2 unspecified atom stereocenters. The largest absolute Gasteiger partial charge is 0.308 e. The molecule has 2 atom stereocenters. The van der Waals surface area contributed by atoms with Crippen LogP contribution < -0.4 is 5.32 Å². The van der Waals surface area contributed by atoms with Gasteiger partial charge in [0, 0.05) is 12.1 Å². The molecule has 1 heterocycles. The lowest BCUT2D eigenvalue weighted by atomic mass is 9.89. The Hall–Kier alpha value is -0.0400. The van der Waals surface area contributed by atoms with Crippen molar-refractivity contribution in [3.05, 3.63) is 0 Å². The highest BCUT2D eigenvalue weighted by molar-refractivity contribution is 5.03. The Morgan fingerprint density at radius 3 is 2.00 bits per heavy atom. The van der Waals surface area contributed by atoms with Gasteiger partial charge in [-0.15, -0.1) is 0 Å². The second-order valence-electron chi connectivity index (χ2n) is 4.03. The SMILES string of the molecule is CCC1NC1C(C)(C)C. The highest BCUT2D eigenvalue weighted by atomic mass is 15.2. The van der Waals surface area contributed by atoms with Gasteiger partial charge in [0.25, 0.3) is 0 Å². The first-order valence-corrected chi connectivity index (χ1v) is 3.81. The van der Waals surface area contributed by atoms with E-state index < -0.39 is 0 Å². The zero-order chi connectivity index (χ0) is 7.07. The number of hydrogen-bond acceptors (Lipinski definition) is 1. The van der Waals surface area contributed by atoms with Crippen LogP contribution in [0.5, 0.6) is 0 Å². The smallest absolute Gasteiger partial charge is 0.0272 e. The molecular weight excluding hydrogens is 110 g/mol. The van der Waals surface area contributed by atoms with Crippen molar-refractivity contribution >= 4 is 0 Å². The van der Waals surface area contributed by atoms with Gasteiger partial charge < -0.3 is 5.32 Å². The van der Waals surface area contributed by atoms with Gasteiger partial charge in [0.2, 0.25) is 0 Å². The fourth-order valence-electron chi connectivity index (χ4n) is 1.38. The first-order valence-electron chi connectivity index (χ1n) is 3.81. The molecular formula is C8H17N. The van der Waals surface area contributed by atoms with Crippen molar-refractivity contribution < 1.29 is 0 Å². The standard InChI is InChI=1S/C8H17N/c1-5-6-7(9-6)8(2,3)4/h6-7,9H,5H2,1-4H3. The molecule has 1 fully saturated rings. The minimum atomic E-state index is 0.473. The second-order valence-corrected chi connectivity index (χ2v) is 4.03. The third-order valence-corrected chi connectivity index (χ3v) is 2.06. The van der Waals surface area contributed by atoms with Crippen molar-refractivity contribution in [2.45, 2.75) is 46.2 Å². The lowest BCUT2D eigenvalue weighted by Gasteiger charge is -2.15. The van der Waals surface area contributed by atoms with Crippen LogP contribution in [-0.2, 0) is 0 Å². The van der Waals surface area contributed by atoms with Crippen molar-refractivity contribution in [3.63, 3.8) is 0 Å². The average Bonchev–Trinajstić information content (AvgIpc) is 2.39. The minimum absolute atomic E-state index is 0.473. The number of rotatable bonds is 1. The Morgan fingerprint density at radius 1 is 1.33 bits per heavy atom. The van der Waals surface area contributed by atoms with E-state index in [2.05, 4.69) is 33.0 Å². The zero-order valence-corrected chi connectivity index (χ0v) is 6.86. The summed E-state index contributed by atoms with van der Waals surface area (Å²) in [5.41, 5.74) is 0.473. The summed E-state index contributed by atoms with van der Waals surface area (Å²) in [6.45, 7) is 9.12. The van der Waals surface area contributed by atoms with Crippen LogP contribution in [0.15, 0.2) is 0 Å². The summed E-state index contributed by atoms with van der Waals surface area (Å²) in [7, 11) is 0. The van der Waals surface area contributed by atoms with E-state index in [1.54, 1.807) is 0 Å². The zero-order valence-electron chi connectivity index (χ0n) is 6.86. The minimum Gasteiger partial charge on any atom is -0.308 e. The molecule has 0 aromatic carbocycles. The van der Waals surface area contributed by atoms with E-state index in [0.29, 0.717) is 5.41 Å². The summed E-state index contributed by atoms with van der Waals surface area (Å²) < 4.78 is 0. The molecule has 0 aromatic rings. The predicted octanol–water partition coefficient (Wildman–Crippen LogP) is 1.78. The van der Waals surface area contributed by atoms with Crippen molar-refractivity contribution in [1.82, 2.24) is 5.32 Å². The molecule has 1 nitrogen and oxygen atoms in total. The molecule has 0 spiro atoms.